The normalized spacial score (nSPS) is 11.7. The molecule has 0 saturated carbocycles. The van der Waals surface area contributed by atoms with Crippen LogP contribution in [-0.2, 0) is 9.53 Å². The van der Waals surface area contributed by atoms with Gasteiger partial charge < -0.3 is 15.0 Å². The Morgan fingerprint density at radius 3 is 2.35 bits per heavy atom. The third-order valence-electron chi connectivity index (χ3n) is 4.08. The van der Waals surface area contributed by atoms with E-state index in [-0.39, 0.29) is 23.3 Å². The van der Waals surface area contributed by atoms with Gasteiger partial charge in [0.2, 0.25) is 0 Å². The number of aromatic nitrogens is 1. The number of aromatic amines is 1. The summed E-state index contributed by atoms with van der Waals surface area (Å²) in [5, 5.41) is 2.67. The Morgan fingerprint density at radius 2 is 1.81 bits per heavy atom. The maximum absolute atomic E-state index is 12.9. The number of Topliss-reactive ketones (excluding diaryl/α,β-unsaturated/α-hetero) is 1. The van der Waals surface area contributed by atoms with Crippen molar-refractivity contribution in [2.45, 2.75) is 33.7 Å². The minimum Gasteiger partial charge on any atom is -0.451 e. The predicted molar refractivity (Wildman–Crippen MR) is 93.5 cm³/mol. The molecular formula is C19H21FN2O4. The third kappa shape index (κ3) is 4.36. The zero-order chi connectivity index (χ0) is 19.4. The Morgan fingerprint density at radius 1 is 1.19 bits per heavy atom. The van der Waals surface area contributed by atoms with E-state index in [0.717, 1.165) is 5.56 Å². The van der Waals surface area contributed by atoms with Gasteiger partial charge in [-0.25, -0.2) is 9.18 Å². The Hall–Kier alpha value is -2.96. The molecule has 0 spiro atoms. The fourth-order valence-electron chi connectivity index (χ4n) is 2.80. The molecule has 1 amide bonds. The second-order valence-corrected chi connectivity index (χ2v) is 6.10. The molecule has 7 heteroatoms. The van der Waals surface area contributed by atoms with Crippen LogP contribution >= 0.6 is 0 Å². The molecule has 1 aromatic carbocycles. The molecule has 1 heterocycles. The Kier molecular flexibility index (Phi) is 5.92. The number of aryl methyl sites for hydroxylation is 1. The summed E-state index contributed by atoms with van der Waals surface area (Å²) in [5.41, 5.74) is 2.42. The highest BCUT2D eigenvalue weighted by molar-refractivity contribution is 6.01. The van der Waals surface area contributed by atoms with Crippen molar-refractivity contribution in [1.29, 1.82) is 0 Å². The van der Waals surface area contributed by atoms with Gasteiger partial charge in [0.25, 0.3) is 5.91 Å². The number of ether oxygens (including phenoxy) is 1. The Bertz CT molecular complexity index is 840. The van der Waals surface area contributed by atoms with Gasteiger partial charge in [-0.15, -0.1) is 0 Å². The molecule has 26 heavy (non-hydrogen) atoms. The van der Waals surface area contributed by atoms with E-state index in [1.807, 2.05) is 0 Å². The first-order valence-corrected chi connectivity index (χ1v) is 8.12. The maximum atomic E-state index is 12.9. The summed E-state index contributed by atoms with van der Waals surface area (Å²) in [5.74, 6) is -1.70. The molecular weight excluding hydrogens is 339 g/mol. The van der Waals surface area contributed by atoms with Crippen LogP contribution in [0, 0.1) is 19.7 Å². The Balaban J connectivity index is 1.95. The molecule has 2 rings (SSSR count). The summed E-state index contributed by atoms with van der Waals surface area (Å²) in [7, 11) is 0. The quantitative estimate of drug-likeness (QED) is 0.612. The Labute approximate surface area is 150 Å². The number of hydrogen-bond donors (Lipinski definition) is 2. The highest BCUT2D eigenvalue weighted by atomic mass is 19.1. The van der Waals surface area contributed by atoms with Crippen molar-refractivity contribution in [3.05, 3.63) is 58.2 Å². The molecule has 1 aromatic heterocycles. The average molecular weight is 360 g/mol. The van der Waals surface area contributed by atoms with Crippen LogP contribution in [0.2, 0.25) is 0 Å². The maximum Gasteiger partial charge on any atom is 0.355 e. The molecule has 0 fully saturated rings. The second-order valence-electron chi connectivity index (χ2n) is 6.10. The van der Waals surface area contributed by atoms with Crippen LogP contribution in [-0.4, -0.2) is 29.3 Å². The van der Waals surface area contributed by atoms with Crippen LogP contribution in [0.4, 0.5) is 4.39 Å². The third-order valence-corrected chi connectivity index (χ3v) is 4.08. The van der Waals surface area contributed by atoms with Crippen LogP contribution in [0.5, 0.6) is 0 Å². The summed E-state index contributed by atoms with van der Waals surface area (Å²) in [4.78, 5) is 38.6. The number of carbonyl (C=O) groups excluding carboxylic acids is 3. The van der Waals surface area contributed by atoms with Gasteiger partial charge in [0.1, 0.15) is 11.5 Å². The van der Waals surface area contributed by atoms with Crippen LogP contribution in [0.1, 0.15) is 57.6 Å². The van der Waals surface area contributed by atoms with Crippen LogP contribution in [0.15, 0.2) is 24.3 Å². The van der Waals surface area contributed by atoms with Crippen molar-refractivity contribution in [2.24, 2.45) is 0 Å². The van der Waals surface area contributed by atoms with Gasteiger partial charge in [0, 0.05) is 11.3 Å². The largest absolute Gasteiger partial charge is 0.451 e. The first kappa shape index (κ1) is 19.4. The lowest BCUT2D eigenvalue weighted by atomic mass is 10.1. The van der Waals surface area contributed by atoms with Crippen LogP contribution < -0.4 is 5.32 Å². The number of ketones is 1. The number of rotatable bonds is 6. The van der Waals surface area contributed by atoms with Crippen molar-refractivity contribution in [3.8, 4) is 0 Å². The van der Waals surface area contributed by atoms with Gasteiger partial charge in [-0.3, -0.25) is 9.59 Å². The topological polar surface area (TPSA) is 88.3 Å². The summed E-state index contributed by atoms with van der Waals surface area (Å²) in [6.07, 6.45) is 0. The summed E-state index contributed by atoms with van der Waals surface area (Å²) < 4.78 is 17.9. The van der Waals surface area contributed by atoms with Crippen molar-refractivity contribution in [1.82, 2.24) is 10.3 Å². The smallest absolute Gasteiger partial charge is 0.355 e. The van der Waals surface area contributed by atoms with E-state index in [1.165, 1.54) is 19.1 Å². The van der Waals surface area contributed by atoms with Gasteiger partial charge >= 0.3 is 5.97 Å². The van der Waals surface area contributed by atoms with Crippen molar-refractivity contribution in [2.75, 3.05) is 6.61 Å². The second kappa shape index (κ2) is 7.95. The molecule has 2 N–H and O–H groups in total. The molecule has 138 valence electrons. The fraction of sp³-hybridized carbons (Fsp3) is 0.316. The zero-order valence-corrected chi connectivity index (χ0v) is 15.1. The number of nitrogens with one attached hydrogen (secondary N) is 2. The number of esters is 1. The van der Waals surface area contributed by atoms with E-state index in [0.29, 0.717) is 16.8 Å². The summed E-state index contributed by atoms with van der Waals surface area (Å²) in [6.45, 7) is 6.04. The molecule has 0 saturated heterocycles. The molecule has 0 aliphatic heterocycles. The molecule has 2 aromatic rings. The first-order chi connectivity index (χ1) is 12.2. The minimum absolute atomic E-state index is 0.152. The van der Waals surface area contributed by atoms with Gasteiger partial charge in [-0.1, -0.05) is 12.1 Å². The molecule has 6 nitrogen and oxygen atoms in total. The van der Waals surface area contributed by atoms with E-state index >= 15 is 0 Å². The highest BCUT2D eigenvalue weighted by Crippen LogP contribution is 2.19. The monoisotopic (exact) mass is 360 g/mol. The average Bonchev–Trinajstić information content (AvgIpc) is 2.87. The van der Waals surface area contributed by atoms with Crippen LogP contribution in [0.25, 0.3) is 0 Å². The SMILES string of the molecule is CC(=O)c1c(C)[nH]c(C(=O)OCC(=O)N[C@H](C)c2ccc(F)cc2)c1C. The number of halogens is 1. The fourth-order valence-corrected chi connectivity index (χ4v) is 2.80. The first-order valence-electron chi connectivity index (χ1n) is 8.12. The van der Waals surface area contributed by atoms with Crippen LogP contribution in [0.3, 0.4) is 0 Å². The number of H-pyrrole nitrogens is 1. The molecule has 1 atom stereocenters. The molecule has 0 unspecified atom stereocenters. The number of benzene rings is 1. The lowest BCUT2D eigenvalue weighted by Crippen LogP contribution is -2.31. The van der Waals surface area contributed by atoms with Gasteiger partial charge in [0.05, 0.1) is 6.04 Å². The van der Waals surface area contributed by atoms with E-state index in [4.69, 9.17) is 4.74 Å². The van der Waals surface area contributed by atoms with Gasteiger partial charge in [-0.2, -0.15) is 0 Å². The standard InChI is InChI=1S/C19H21FN2O4/c1-10-17(13(4)23)12(3)22-18(10)19(25)26-9-16(24)21-11(2)14-5-7-15(20)8-6-14/h5-8,11,22H,9H2,1-4H3,(H,21,24)/t11-/m1/s1. The predicted octanol–water partition coefficient (Wildman–Crippen LogP) is 3.01. The minimum atomic E-state index is -0.706. The lowest BCUT2D eigenvalue weighted by Gasteiger charge is -2.14. The molecule has 0 aliphatic rings. The number of carbonyl (C=O) groups is 3. The van der Waals surface area contributed by atoms with E-state index in [1.54, 1.807) is 32.9 Å². The molecule has 0 radical (unpaired) electrons. The van der Waals surface area contributed by atoms with E-state index in [9.17, 15) is 18.8 Å². The lowest BCUT2D eigenvalue weighted by molar-refractivity contribution is -0.124. The summed E-state index contributed by atoms with van der Waals surface area (Å²) in [6, 6.07) is 5.39. The highest BCUT2D eigenvalue weighted by Gasteiger charge is 2.21. The molecule has 0 aliphatic carbocycles. The van der Waals surface area contributed by atoms with E-state index in [2.05, 4.69) is 10.3 Å². The number of amides is 1. The van der Waals surface area contributed by atoms with Gasteiger partial charge in [-0.05, 0) is 51.0 Å². The zero-order valence-electron chi connectivity index (χ0n) is 15.1. The summed E-state index contributed by atoms with van der Waals surface area (Å²) >= 11 is 0. The van der Waals surface area contributed by atoms with Crippen molar-refractivity contribution in [3.63, 3.8) is 0 Å². The van der Waals surface area contributed by atoms with E-state index < -0.39 is 18.5 Å². The van der Waals surface area contributed by atoms with Crippen molar-refractivity contribution < 1.29 is 23.5 Å². The molecule has 0 bridgehead atoms. The number of hydrogen-bond acceptors (Lipinski definition) is 4. The van der Waals surface area contributed by atoms with Gasteiger partial charge in [0.15, 0.2) is 12.4 Å². The van der Waals surface area contributed by atoms with Crippen molar-refractivity contribution >= 4 is 17.7 Å².